The first-order valence-electron chi connectivity index (χ1n) is 14.0. The third kappa shape index (κ3) is 6.00. The molecule has 0 aromatic heterocycles. The Morgan fingerprint density at radius 1 is 1.08 bits per heavy atom. The number of carbonyl (C=O) groups excluding carboxylic acids is 2. The van der Waals surface area contributed by atoms with Crippen LogP contribution in [0.4, 0.5) is 0 Å². The van der Waals surface area contributed by atoms with Gasteiger partial charge in [-0.05, 0) is 67.5 Å². The molecule has 1 N–H and O–H groups in total. The first-order chi connectivity index (χ1) is 18.6. The number of nitrogens with zero attached hydrogens (tertiary/aromatic N) is 1. The quantitative estimate of drug-likeness (QED) is 0.249. The zero-order valence-corrected chi connectivity index (χ0v) is 24.6. The minimum atomic E-state index is -0.380. The van der Waals surface area contributed by atoms with Crippen molar-refractivity contribution >= 4 is 35.1 Å². The van der Waals surface area contributed by atoms with Crippen molar-refractivity contribution in [1.29, 1.82) is 0 Å². The Hall–Kier alpha value is -2.12. The molecule has 2 aromatic carbocycles. The van der Waals surface area contributed by atoms with Crippen LogP contribution >= 0.6 is 23.2 Å². The van der Waals surface area contributed by atoms with Gasteiger partial charge in [-0.25, -0.2) is 0 Å². The molecule has 1 saturated heterocycles. The topological polar surface area (TPSA) is 64.6 Å². The van der Waals surface area contributed by atoms with Gasteiger partial charge in [0, 0.05) is 37.8 Å². The van der Waals surface area contributed by atoms with E-state index in [9.17, 15) is 9.59 Å². The van der Waals surface area contributed by atoms with Crippen molar-refractivity contribution in [2.24, 2.45) is 5.92 Å². The maximum Gasteiger partial charge on any atom is 0.308 e. The number of likely N-dealkylation sites (N-methyl/N-ethyl adjacent to an activating group) is 1. The molecule has 1 heterocycles. The number of rotatable bonds is 8. The molecule has 2 aliphatic carbocycles. The second kappa shape index (κ2) is 11.0. The highest BCUT2D eigenvalue weighted by atomic mass is 35.5. The lowest BCUT2D eigenvalue weighted by molar-refractivity contribution is -0.925. The van der Waals surface area contributed by atoms with Crippen LogP contribution in [-0.2, 0) is 26.2 Å². The number of hydrogen-bond donors (Lipinski definition) is 1. The van der Waals surface area contributed by atoms with Crippen LogP contribution in [0.5, 0.6) is 5.75 Å². The first-order valence-corrected chi connectivity index (χ1v) is 14.7. The number of fused-ring (bicyclic) bond motifs is 1. The van der Waals surface area contributed by atoms with Crippen LogP contribution in [0.2, 0.25) is 10.0 Å². The van der Waals surface area contributed by atoms with E-state index in [1.54, 1.807) is 12.1 Å². The van der Waals surface area contributed by atoms with E-state index in [-0.39, 0.29) is 35.4 Å². The molecule has 5 rings (SSSR count). The maximum absolute atomic E-state index is 13.2. The van der Waals surface area contributed by atoms with Crippen LogP contribution in [0.1, 0.15) is 56.6 Å². The fourth-order valence-corrected chi connectivity index (χ4v) is 7.62. The van der Waals surface area contributed by atoms with Crippen molar-refractivity contribution in [3.63, 3.8) is 0 Å². The zero-order chi connectivity index (χ0) is 27.8. The minimum absolute atomic E-state index is 0.00113. The minimum Gasteiger partial charge on any atom is -0.427 e. The van der Waals surface area contributed by atoms with Gasteiger partial charge in [0.2, 0.25) is 5.91 Å². The van der Waals surface area contributed by atoms with Gasteiger partial charge in [0.05, 0.1) is 36.6 Å². The third-order valence-electron chi connectivity index (χ3n) is 9.23. The van der Waals surface area contributed by atoms with Crippen LogP contribution < -0.4 is 10.1 Å². The van der Waals surface area contributed by atoms with Gasteiger partial charge in [-0.1, -0.05) is 41.4 Å². The predicted molar refractivity (Wildman–Crippen MR) is 153 cm³/mol. The van der Waals surface area contributed by atoms with Crippen molar-refractivity contribution in [2.45, 2.75) is 68.9 Å². The van der Waals surface area contributed by atoms with Crippen LogP contribution in [-0.4, -0.2) is 61.8 Å². The van der Waals surface area contributed by atoms with Crippen LogP contribution in [0.3, 0.4) is 0 Å². The zero-order valence-electron chi connectivity index (χ0n) is 23.1. The second-order valence-electron chi connectivity index (χ2n) is 12.2. The number of benzene rings is 2. The summed E-state index contributed by atoms with van der Waals surface area (Å²) in [4.78, 5) is 24.9. The van der Waals surface area contributed by atoms with Gasteiger partial charge in [0.1, 0.15) is 17.9 Å². The first kappa shape index (κ1) is 28.4. The molecule has 0 radical (unpaired) electrons. The molecule has 1 unspecified atom stereocenters. The van der Waals surface area contributed by atoms with Gasteiger partial charge in [-0.2, -0.15) is 0 Å². The molecule has 1 aliphatic heterocycles. The Bertz CT molecular complexity index is 1250. The van der Waals surface area contributed by atoms with E-state index < -0.39 is 0 Å². The lowest BCUT2D eigenvalue weighted by atomic mass is 9.54. The van der Waals surface area contributed by atoms with Gasteiger partial charge in [0.25, 0.3) is 0 Å². The molecule has 0 spiro atoms. The van der Waals surface area contributed by atoms with E-state index in [1.807, 2.05) is 31.4 Å². The van der Waals surface area contributed by atoms with E-state index in [2.05, 4.69) is 18.4 Å². The van der Waals surface area contributed by atoms with Crippen molar-refractivity contribution < 1.29 is 23.5 Å². The third-order valence-corrected chi connectivity index (χ3v) is 9.97. The monoisotopic (exact) mass is 573 g/mol. The lowest BCUT2D eigenvalue weighted by Gasteiger charge is -2.61. The summed E-state index contributed by atoms with van der Waals surface area (Å²) in [5, 5.41) is 4.25. The molecule has 8 heteroatoms. The highest BCUT2D eigenvalue weighted by Gasteiger charge is 2.63. The van der Waals surface area contributed by atoms with E-state index in [4.69, 9.17) is 32.7 Å². The van der Waals surface area contributed by atoms with Gasteiger partial charge in [-0.15, -0.1) is 0 Å². The fourth-order valence-electron chi connectivity index (χ4n) is 7.30. The number of carbonyl (C=O) groups is 2. The molecule has 3 aliphatic rings. The number of hydrogen-bond acceptors (Lipinski definition) is 4. The molecule has 3 fully saturated rings. The summed E-state index contributed by atoms with van der Waals surface area (Å²) in [5.74, 6) is 1.00. The van der Waals surface area contributed by atoms with Crippen molar-refractivity contribution in [1.82, 2.24) is 5.32 Å². The number of amides is 1. The van der Waals surface area contributed by atoms with E-state index >= 15 is 0 Å². The summed E-state index contributed by atoms with van der Waals surface area (Å²) in [6.07, 6.45) is 6.29. The maximum atomic E-state index is 13.2. The summed E-state index contributed by atoms with van der Waals surface area (Å²) < 4.78 is 13.1. The molecule has 4 atom stereocenters. The molecule has 1 amide bonds. The van der Waals surface area contributed by atoms with Gasteiger partial charge < -0.3 is 19.3 Å². The molecule has 2 saturated carbocycles. The Balaban J connectivity index is 1.43. The average Bonchev–Trinajstić information content (AvgIpc) is 3.69. The summed E-state index contributed by atoms with van der Waals surface area (Å²) >= 11 is 12.2. The number of nitrogens with one attached hydrogen (secondary N) is 1. The van der Waals surface area contributed by atoms with Crippen molar-refractivity contribution in [3.8, 4) is 5.75 Å². The molecular weight excluding hydrogens is 535 g/mol. The summed E-state index contributed by atoms with van der Waals surface area (Å²) in [5.41, 5.74) is 1.25. The van der Waals surface area contributed by atoms with Gasteiger partial charge in [0.15, 0.2) is 0 Å². The van der Waals surface area contributed by atoms with Gasteiger partial charge in [-0.3, -0.25) is 9.59 Å². The van der Waals surface area contributed by atoms with Crippen LogP contribution in [0.25, 0.3) is 0 Å². The lowest BCUT2D eigenvalue weighted by Crippen LogP contribution is -2.72. The second-order valence-corrected chi connectivity index (χ2v) is 13.0. The highest BCUT2D eigenvalue weighted by Crippen LogP contribution is 2.55. The number of piperidine rings is 1. The van der Waals surface area contributed by atoms with E-state index in [1.165, 1.54) is 26.3 Å². The number of ether oxygens (including phenoxy) is 2. The molecule has 39 heavy (non-hydrogen) atoms. The van der Waals surface area contributed by atoms with Crippen LogP contribution in [0.15, 0.2) is 42.5 Å². The standard InChI is InChI=1S/C31H38Cl2N2O4/c1-21(36)39-26-6-4-5-24(17-26)30-13-14-35(2,19-22-7-8-22)20-31(30,38-3)12-11-25(18-30)34-29(37)16-23-9-10-27(32)28(33)15-23/h4-6,9-10,15,17,22,25H,7-8,11-14,16,18-20H2,1-3H3/p+1/t25-,30+,31?,35-/m1/s1. The number of esters is 1. The Morgan fingerprint density at radius 3 is 2.56 bits per heavy atom. The molecular formula is C31H39Cl2N2O4+. The van der Waals surface area contributed by atoms with E-state index in [0.717, 1.165) is 60.3 Å². The van der Waals surface area contributed by atoms with E-state index in [0.29, 0.717) is 15.8 Å². The SMILES string of the molecule is COC12CC[C@@H](NC(=O)Cc3ccc(Cl)c(Cl)c3)C[C@]1(c1cccc(OC(C)=O)c1)CC[N@+](C)(CC1CC1)C2. The Morgan fingerprint density at radius 2 is 1.87 bits per heavy atom. The van der Waals surface area contributed by atoms with Gasteiger partial charge >= 0.3 is 5.97 Å². The normalized spacial score (nSPS) is 30.3. The molecule has 210 valence electrons. The summed E-state index contributed by atoms with van der Waals surface area (Å²) in [6, 6.07) is 13.2. The average molecular weight is 575 g/mol. The Labute approximate surface area is 241 Å². The smallest absolute Gasteiger partial charge is 0.308 e. The molecule has 2 aromatic rings. The number of halogens is 2. The number of methoxy groups -OCH3 is 1. The summed E-state index contributed by atoms with van der Waals surface area (Å²) in [7, 11) is 4.23. The fraction of sp³-hybridized carbons (Fsp3) is 0.548. The van der Waals surface area contributed by atoms with Crippen LogP contribution in [0, 0.1) is 5.92 Å². The molecule has 0 bridgehead atoms. The van der Waals surface area contributed by atoms with Crippen molar-refractivity contribution in [2.75, 3.05) is 33.8 Å². The Kier molecular flexibility index (Phi) is 8.04. The largest absolute Gasteiger partial charge is 0.427 e. The molecule has 6 nitrogen and oxygen atoms in total. The van der Waals surface area contributed by atoms with Crippen molar-refractivity contribution in [3.05, 3.63) is 63.6 Å². The highest BCUT2D eigenvalue weighted by molar-refractivity contribution is 6.42. The number of likely N-dealkylation sites (tertiary alicyclic amines) is 1. The predicted octanol–water partition coefficient (Wildman–Crippen LogP) is 5.71. The summed E-state index contributed by atoms with van der Waals surface area (Å²) in [6.45, 7) is 4.59. The number of quaternary nitrogens is 1.